The maximum absolute atomic E-state index is 13.5. The van der Waals surface area contributed by atoms with Crippen molar-refractivity contribution in [3.63, 3.8) is 0 Å². The fourth-order valence-electron chi connectivity index (χ4n) is 1.62. The fraction of sp³-hybridized carbons (Fsp3) is 0.500. The van der Waals surface area contributed by atoms with Crippen LogP contribution in [0.3, 0.4) is 0 Å². The van der Waals surface area contributed by atoms with Gasteiger partial charge in [0.1, 0.15) is 0 Å². The Morgan fingerprint density at radius 2 is 1.95 bits per heavy atom. The van der Waals surface area contributed by atoms with E-state index in [1.165, 1.54) is 0 Å². The van der Waals surface area contributed by atoms with Crippen LogP contribution in [-0.2, 0) is 10.0 Å². The highest BCUT2D eigenvalue weighted by atomic mass is 32.2. The first kappa shape index (κ1) is 17.5. The molecular weight excluding hydrogens is 301 g/mol. The number of rotatable bonds is 7. The van der Waals surface area contributed by atoms with Crippen LogP contribution in [0.15, 0.2) is 23.1 Å². The number of nitro groups is 1. The first-order valence-electron chi connectivity index (χ1n) is 6.37. The number of hydrogen-bond acceptors (Lipinski definition) is 5. The van der Waals surface area contributed by atoms with E-state index in [9.17, 15) is 22.9 Å². The minimum absolute atomic E-state index is 0.000932. The fourth-order valence-corrected chi connectivity index (χ4v) is 2.77. The summed E-state index contributed by atoms with van der Waals surface area (Å²) in [7, 11) is -3.97. The van der Waals surface area contributed by atoms with Gasteiger partial charge in [-0.3, -0.25) is 10.1 Å². The van der Waals surface area contributed by atoms with Crippen molar-refractivity contribution < 1.29 is 17.7 Å². The Kier molecular flexibility index (Phi) is 5.37. The molecule has 0 bridgehead atoms. The van der Waals surface area contributed by atoms with E-state index in [4.69, 9.17) is 5.73 Å². The van der Waals surface area contributed by atoms with Crippen molar-refractivity contribution in [2.75, 3.05) is 6.54 Å². The standard InChI is InChI=1S/C12H18FN3O4S/c1-3-12(14,4-2)8-15-21(19,20)9-5-6-11(16(17)18)10(13)7-9/h5-7,15H,3-4,8,14H2,1-2H3. The lowest BCUT2D eigenvalue weighted by atomic mass is 9.95. The molecule has 9 heteroatoms. The molecule has 0 saturated heterocycles. The molecule has 0 unspecified atom stereocenters. The Hall–Kier alpha value is -1.58. The lowest BCUT2D eigenvalue weighted by Gasteiger charge is -2.26. The zero-order valence-corrected chi connectivity index (χ0v) is 12.6. The molecule has 0 aliphatic carbocycles. The zero-order valence-electron chi connectivity index (χ0n) is 11.8. The highest BCUT2D eigenvalue weighted by molar-refractivity contribution is 7.89. The van der Waals surface area contributed by atoms with E-state index in [1.54, 1.807) is 0 Å². The summed E-state index contributed by atoms with van der Waals surface area (Å²) in [5, 5.41) is 10.5. The van der Waals surface area contributed by atoms with Crippen molar-refractivity contribution in [2.45, 2.75) is 37.1 Å². The van der Waals surface area contributed by atoms with Crippen molar-refractivity contribution >= 4 is 15.7 Å². The summed E-state index contributed by atoms with van der Waals surface area (Å²) in [6.45, 7) is 3.67. The first-order chi connectivity index (χ1) is 9.65. The molecule has 1 rings (SSSR count). The van der Waals surface area contributed by atoms with Crippen LogP contribution in [0, 0.1) is 15.9 Å². The monoisotopic (exact) mass is 319 g/mol. The van der Waals surface area contributed by atoms with Gasteiger partial charge in [0.05, 0.1) is 9.82 Å². The molecule has 118 valence electrons. The van der Waals surface area contributed by atoms with E-state index in [2.05, 4.69) is 4.72 Å². The van der Waals surface area contributed by atoms with Gasteiger partial charge in [0.2, 0.25) is 15.8 Å². The molecule has 0 aliphatic heterocycles. The zero-order chi connectivity index (χ0) is 16.3. The second-order valence-corrected chi connectivity index (χ2v) is 6.53. The number of hydrogen-bond donors (Lipinski definition) is 2. The SMILES string of the molecule is CCC(N)(CC)CNS(=O)(=O)c1ccc([N+](=O)[O-])c(F)c1. The molecule has 1 aromatic carbocycles. The molecule has 0 spiro atoms. The van der Waals surface area contributed by atoms with Crippen LogP contribution in [0.5, 0.6) is 0 Å². The molecule has 0 aliphatic rings. The van der Waals surface area contributed by atoms with Gasteiger partial charge in [-0.1, -0.05) is 13.8 Å². The lowest BCUT2D eigenvalue weighted by molar-refractivity contribution is -0.387. The van der Waals surface area contributed by atoms with Gasteiger partial charge in [-0.25, -0.2) is 13.1 Å². The number of halogens is 1. The van der Waals surface area contributed by atoms with Crippen molar-refractivity contribution in [1.82, 2.24) is 4.72 Å². The molecule has 0 saturated carbocycles. The van der Waals surface area contributed by atoms with Crippen LogP contribution < -0.4 is 10.5 Å². The quantitative estimate of drug-likeness (QED) is 0.584. The summed E-state index contributed by atoms with van der Waals surface area (Å²) >= 11 is 0. The van der Waals surface area contributed by atoms with Gasteiger partial charge in [-0.2, -0.15) is 4.39 Å². The van der Waals surface area contributed by atoms with E-state index < -0.39 is 32.0 Å². The minimum Gasteiger partial charge on any atom is -0.324 e. The summed E-state index contributed by atoms with van der Waals surface area (Å²) in [5.74, 6) is -1.20. The molecule has 0 amide bonds. The highest BCUT2D eigenvalue weighted by Crippen LogP contribution is 2.21. The average Bonchev–Trinajstić information content (AvgIpc) is 2.44. The van der Waals surface area contributed by atoms with Gasteiger partial charge in [-0.15, -0.1) is 0 Å². The number of nitrogens with zero attached hydrogens (tertiary/aromatic N) is 1. The molecule has 7 nitrogen and oxygen atoms in total. The third kappa shape index (κ3) is 4.19. The van der Waals surface area contributed by atoms with Crippen LogP contribution in [0.25, 0.3) is 0 Å². The van der Waals surface area contributed by atoms with E-state index >= 15 is 0 Å². The molecular formula is C12H18FN3O4S. The number of benzene rings is 1. The van der Waals surface area contributed by atoms with Crippen LogP contribution in [-0.4, -0.2) is 25.4 Å². The maximum Gasteiger partial charge on any atom is 0.304 e. The molecule has 0 heterocycles. The topological polar surface area (TPSA) is 115 Å². The maximum atomic E-state index is 13.5. The van der Waals surface area contributed by atoms with Crippen molar-refractivity contribution in [3.05, 3.63) is 34.1 Å². The Balaban J connectivity index is 2.99. The Bertz CT molecular complexity index is 629. The summed E-state index contributed by atoms with van der Waals surface area (Å²) < 4.78 is 39.9. The van der Waals surface area contributed by atoms with Crippen molar-refractivity contribution in [2.24, 2.45) is 5.73 Å². The summed E-state index contributed by atoms with van der Waals surface area (Å²) in [5.41, 5.74) is 4.52. The Morgan fingerprint density at radius 3 is 2.38 bits per heavy atom. The van der Waals surface area contributed by atoms with Gasteiger partial charge < -0.3 is 5.73 Å². The second kappa shape index (κ2) is 6.46. The highest BCUT2D eigenvalue weighted by Gasteiger charge is 2.25. The van der Waals surface area contributed by atoms with Gasteiger partial charge in [0, 0.05) is 24.2 Å². The largest absolute Gasteiger partial charge is 0.324 e. The van der Waals surface area contributed by atoms with Crippen LogP contribution in [0.1, 0.15) is 26.7 Å². The average molecular weight is 319 g/mol. The molecule has 0 radical (unpaired) electrons. The predicted octanol–water partition coefficient (Wildman–Crippen LogP) is 1.53. The second-order valence-electron chi connectivity index (χ2n) is 4.76. The molecule has 21 heavy (non-hydrogen) atoms. The summed E-state index contributed by atoms with van der Waals surface area (Å²) in [4.78, 5) is 9.21. The van der Waals surface area contributed by atoms with Crippen molar-refractivity contribution in [1.29, 1.82) is 0 Å². The predicted molar refractivity (Wildman–Crippen MR) is 75.7 cm³/mol. The van der Waals surface area contributed by atoms with E-state index in [1.807, 2.05) is 13.8 Å². The van der Waals surface area contributed by atoms with E-state index in [0.29, 0.717) is 18.9 Å². The van der Waals surface area contributed by atoms with Crippen LogP contribution in [0.4, 0.5) is 10.1 Å². The molecule has 3 N–H and O–H groups in total. The van der Waals surface area contributed by atoms with E-state index in [-0.39, 0.29) is 11.4 Å². The van der Waals surface area contributed by atoms with Gasteiger partial charge in [0.25, 0.3) is 0 Å². The first-order valence-corrected chi connectivity index (χ1v) is 7.86. The molecule has 0 fully saturated rings. The molecule has 0 atom stereocenters. The number of sulfonamides is 1. The number of nitrogens with one attached hydrogen (secondary N) is 1. The van der Waals surface area contributed by atoms with Gasteiger partial charge in [-0.05, 0) is 18.9 Å². The number of nitro benzene ring substituents is 1. The van der Waals surface area contributed by atoms with E-state index in [0.717, 1.165) is 12.1 Å². The van der Waals surface area contributed by atoms with Gasteiger partial charge >= 0.3 is 5.69 Å². The normalized spacial score (nSPS) is 12.4. The lowest BCUT2D eigenvalue weighted by Crippen LogP contribution is -2.49. The molecule has 0 aromatic heterocycles. The van der Waals surface area contributed by atoms with Gasteiger partial charge in [0.15, 0.2) is 0 Å². The Labute approximate surface area is 122 Å². The smallest absolute Gasteiger partial charge is 0.304 e. The third-order valence-electron chi connectivity index (χ3n) is 3.45. The van der Waals surface area contributed by atoms with Crippen LogP contribution >= 0.6 is 0 Å². The minimum atomic E-state index is -3.97. The van der Waals surface area contributed by atoms with Crippen molar-refractivity contribution in [3.8, 4) is 0 Å². The summed E-state index contributed by atoms with van der Waals surface area (Å²) in [6, 6.07) is 2.43. The number of nitrogens with two attached hydrogens (primary N) is 1. The Morgan fingerprint density at radius 1 is 1.38 bits per heavy atom. The third-order valence-corrected chi connectivity index (χ3v) is 4.85. The van der Waals surface area contributed by atoms with Crippen LogP contribution in [0.2, 0.25) is 0 Å². The molecule has 1 aromatic rings. The summed E-state index contributed by atoms with van der Waals surface area (Å²) in [6.07, 6.45) is 1.14.